The Balaban J connectivity index is 1.64. The average molecular weight is 343 g/mol. The molecule has 1 atom stereocenters. The van der Waals surface area contributed by atoms with E-state index in [0.29, 0.717) is 31.3 Å². The van der Waals surface area contributed by atoms with Crippen LogP contribution in [-0.2, 0) is 0 Å². The van der Waals surface area contributed by atoms with Gasteiger partial charge >= 0.3 is 5.97 Å². The molecule has 130 valence electrons. The number of ether oxygens (including phenoxy) is 2. The molecule has 7 heteroatoms. The Kier molecular flexibility index (Phi) is 3.83. The molecule has 0 spiro atoms. The first-order chi connectivity index (χ1) is 12.1. The Morgan fingerprint density at radius 1 is 1.20 bits per heavy atom. The van der Waals surface area contributed by atoms with E-state index < -0.39 is 5.97 Å². The van der Waals surface area contributed by atoms with Crippen molar-refractivity contribution in [1.82, 2.24) is 4.90 Å². The van der Waals surface area contributed by atoms with Crippen molar-refractivity contribution in [3.05, 3.63) is 47.4 Å². The molecule has 2 aliphatic rings. The minimum atomic E-state index is -1.12. The van der Waals surface area contributed by atoms with Gasteiger partial charge in [-0.25, -0.2) is 4.79 Å². The number of aromatic carboxylic acids is 1. The van der Waals surface area contributed by atoms with Crippen LogP contribution in [0.25, 0.3) is 0 Å². The third-order valence-electron chi connectivity index (χ3n) is 4.53. The summed E-state index contributed by atoms with van der Waals surface area (Å²) in [6.07, 6.45) is 2.74. The Hall–Kier alpha value is -2.96. The quantitative estimate of drug-likeness (QED) is 0.922. The van der Waals surface area contributed by atoms with E-state index >= 15 is 0 Å². The highest BCUT2D eigenvalue weighted by atomic mass is 16.6. The molecule has 1 fully saturated rings. The lowest BCUT2D eigenvalue weighted by atomic mass is 10.0. The maximum Gasteiger partial charge on any atom is 0.338 e. The number of nitrogens with zero attached hydrogens (tertiary/aromatic N) is 1. The van der Waals surface area contributed by atoms with Gasteiger partial charge in [-0.2, -0.15) is 0 Å². The van der Waals surface area contributed by atoms with Crippen molar-refractivity contribution >= 4 is 11.9 Å². The summed E-state index contributed by atoms with van der Waals surface area (Å²) in [6, 6.07) is 6.79. The molecule has 0 radical (unpaired) electrons. The number of fused-ring (bicyclic) bond motifs is 1. The van der Waals surface area contributed by atoms with E-state index in [2.05, 4.69) is 0 Å². The first kappa shape index (κ1) is 15.6. The van der Waals surface area contributed by atoms with Crippen molar-refractivity contribution < 1.29 is 28.6 Å². The van der Waals surface area contributed by atoms with Crippen LogP contribution in [0.15, 0.2) is 34.9 Å². The molecular formula is C18H17NO6. The van der Waals surface area contributed by atoms with Crippen LogP contribution in [0.3, 0.4) is 0 Å². The van der Waals surface area contributed by atoms with Crippen LogP contribution in [0.2, 0.25) is 0 Å². The number of hydrogen-bond acceptors (Lipinski definition) is 5. The zero-order valence-corrected chi connectivity index (χ0v) is 13.4. The first-order valence-electron chi connectivity index (χ1n) is 8.16. The summed E-state index contributed by atoms with van der Waals surface area (Å²) in [5.41, 5.74) is 0.876. The zero-order chi connectivity index (χ0) is 17.4. The molecule has 2 aromatic rings. The fourth-order valence-electron chi connectivity index (χ4n) is 3.39. The minimum absolute atomic E-state index is 0.0336. The number of likely N-dealkylation sites (tertiary alicyclic amines) is 1. The van der Waals surface area contributed by atoms with Crippen LogP contribution in [0.1, 0.15) is 45.4 Å². The number of para-hydroxylation sites is 1. The van der Waals surface area contributed by atoms with Gasteiger partial charge < -0.3 is 23.9 Å². The minimum Gasteiger partial charge on any atom is -0.486 e. The monoisotopic (exact) mass is 343 g/mol. The van der Waals surface area contributed by atoms with Crippen LogP contribution in [0, 0.1) is 0 Å². The highest BCUT2D eigenvalue weighted by Crippen LogP contribution is 2.43. The number of furan rings is 1. The third kappa shape index (κ3) is 2.71. The van der Waals surface area contributed by atoms with Gasteiger partial charge in [-0.3, -0.25) is 4.79 Å². The second-order valence-corrected chi connectivity index (χ2v) is 6.03. The van der Waals surface area contributed by atoms with Crippen molar-refractivity contribution in [3.8, 4) is 11.5 Å². The Labute approximate surface area is 143 Å². The number of benzene rings is 1. The fourth-order valence-corrected chi connectivity index (χ4v) is 3.39. The molecule has 1 amide bonds. The maximum absolute atomic E-state index is 12.8. The molecule has 1 N–H and O–H groups in total. The van der Waals surface area contributed by atoms with Crippen LogP contribution in [0.4, 0.5) is 0 Å². The van der Waals surface area contributed by atoms with Gasteiger partial charge in [0, 0.05) is 18.2 Å². The standard InChI is InChI=1S/C18H17NO6/c20-17(15-9-11(10-25-15)18(21)22)19-6-2-4-13(19)12-3-1-5-14-16(12)24-8-7-23-14/h1,3,5,9-10,13H,2,4,6-8H2,(H,21,22)/t13-/m0/s1. The number of carboxylic acids is 1. The number of rotatable bonds is 3. The van der Waals surface area contributed by atoms with Crippen LogP contribution >= 0.6 is 0 Å². The molecule has 0 unspecified atom stereocenters. The molecule has 1 saturated heterocycles. The van der Waals surface area contributed by atoms with E-state index in [1.54, 1.807) is 4.90 Å². The molecule has 0 bridgehead atoms. The summed E-state index contributed by atoms with van der Waals surface area (Å²) in [7, 11) is 0. The molecule has 3 heterocycles. The van der Waals surface area contributed by atoms with E-state index in [4.69, 9.17) is 19.0 Å². The van der Waals surface area contributed by atoms with Crippen molar-refractivity contribution in [1.29, 1.82) is 0 Å². The number of amides is 1. The highest BCUT2D eigenvalue weighted by molar-refractivity contribution is 5.95. The second kappa shape index (κ2) is 6.16. The summed E-state index contributed by atoms with van der Waals surface area (Å²) in [5, 5.41) is 8.99. The van der Waals surface area contributed by atoms with Gasteiger partial charge in [-0.05, 0) is 18.9 Å². The topological polar surface area (TPSA) is 89.2 Å². The first-order valence-corrected chi connectivity index (χ1v) is 8.16. The Morgan fingerprint density at radius 2 is 2.04 bits per heavy atom. The van der Waals surface area contributed by atoms with E-state index in [1.807, 2.05) is 18.2 Å². The lowest BCUT2D eigenvalue weighted by Gasteiger charge is -2.28. The van der Waals surface area contributed by atoms with E-state index in [0.717, 1.165) is 24.7 Å². The second-order valence-electron chi connectivity index (χ2n) is 6.03. The van der Waals surface area contributed by atoms with Crippen molar-refractivity contribution in [2.75, 3.05) is 19.8 Å². The predicted molar refractivity (Wildman–Crippen MR) is 86.1 cm³/mol. The number of carboxylic acid groups (broad SMARTS) is 1. The van der Waals surface area contributed by atoms with Crippen molar-refractivity contribution in [3.63, 3.8) is 0 Å². The van der Waals surface area contributed by atoms with Gasteiger partial charge in [0.05, 0.1) is 11.6 Å². The lowest BCUT2D eigenvalue weighted by molar-refractivity contribution is 0.0688. The van der Waals surface area contributed by atoms with Crippen molar-refractivity contribution in [2.24, 2.45) is 0 Å². The number of carbonyl (C=O) groups excluding carboxylic acids is 1. The van der Waals surface area contributed by atoms with Crippen LogP contribution in [-0.4, -0.2) is 41.6 Å². The normalized spacial score (nSPS) is 19.0. The van der Waals surface area contributed by atoms with Gasteiger partial charge in [-0.15, -0.1) is 0 Å². The Morgan fingerprint density at radius 3 is 2.84 bits per heavy atom. The molecule has 1 aromatic heterocycles. The van der Waals surface area contributed by atoms with Gasteiger partial charge in [-0.1, -0.05) is 12.1 Å². The number of carbonyl (C=O) groups is 2. The third-order valence-corrected chi connectivity index (χ3v) is 4.53. The van der Waals surface area contributed by atoms with E-state index in [1.165, 1.54) is 6.07 Å². The van der Waals surface area contributed by atoms with Gasteiger partial charge in [0.2, 0.25) is 0 Å². The van der Waals surface area contributed by atoms with Crippen LogP contribution in [0.5, 0.6) is 11.5 Å². The molecular weight excluding hydrogens is 326 g/mol. The summed E-state index contributed by atoms with van der Waals surface area (Å²) in [6.45, 7) is 1.57. The molecule has 1 aromatic carbocycles. The molecule has 0 aliphatic carbocycles. The van der Waals surface area contributed by atoms with Crippen molar-refractivity contribution in [2.45, 2.75) is 18.9 Å². The molecule has 4 rings (SSSR count). The summed E-state index contributed by atoms with van der Waals surface area (Å²) < 4.78 is 16.6. The molecule has 7 nitrogen and oxygen atoms in total. The lowest BCUT2D eigenvalue weighted by Crippen LogP contribution is -2.31. The van der Waals surface area contributed by atoms with E-state index in [9.17, 15) is 9.59 Å². The summed E-state index contributed by atoms with van der Waals surface area (Å²) in [4.78, 5) is 25.5. The summed E-state index contributed by atoms with van der Waals surface area (Å²) >= 11 is 0. The smallest absolute Gasteiger partial charge is 0.338 e. The van der Waals surface area contributed by atoms with Gasteiger partial charge in [0.15, 0.2) is 17.3 Å². The SMILES string of the molecule is O=C(O)c1coc(C(=O)N2CCC[C@H]2c2cccc3c2OCCO3)c1. The zero-order valence-electron chi connectivity index (χ0n) is 13.4. The largest absolute Gasteiger partial charge is 0.486 e. The molecule has 0 saturated carbocycles. The van der Waals surface area contributed by atoms with Gasteiger partial charge in [0.1, 0.15) is 19.5 Å². The predicted octanol–water partition coefficient (Wildman–Crippen LogP) is 2.73. The summed E-state index contributed by atoms with van der Waals surface area (Å²) in [5.74, 6) is -0.0302. The molecule has 25 heavy (non-hydrogen) atoms. The van der Waals surface area contributed by atoms with E-state index in [-0.39, 0.29) is 23.3 Å². The maximum atomic E-state index is 12.8. The Bertz CT molecular complexity index is 827. The average Bonchev–Trinajstić information content (AvgIpc) is 3.30. The highest BCUT2D eigenvalue weighted by Gasteiger charge is 2.35. The van der Waals surface area contributed by atoms with Gasteiger partial charge in [0.25, 0.3) is 5.91 Å². The number of hydrogen-bond donors (Lipinski definition) is 1. The van der Waals surface area contributed by atoms with Crippen LogP contribution < -0.4 is 9.47 Å². The fraction of sp³-hybridized carbons (Fsp3) is 0.333. The molecule has 2 aliphatic heterocycles.